The molecule has 52 heavy (non-hydrogen) atoms. The molecule has 2 aliphatic rings. The Morgan fingerprint density at radius 2 is 1.15 bits per heavy atom. The van der Waals surface area contributed by atoms with Gasteiger partial charge in [0.05, 0.1) is 71.5 Å². The van der Waals surface area contributed by atoms with Crippen molar-refractivity contribution in [1.82, 2.24) is 5.06 Å². The van der Waals surface area contributed by atoms with Gasteiger partial charge in [0.1, 0.15) is 48.6 Å². The number of amides is 2. The van der Waals surface area contributed by atoms with Crippen LogP contribution in [-0.4, -0.2) is 118 Å². The van der Waals surface area contributed by atoms with Gasteiger partial charge in [-0.15, -0.1) is 5.06 Å². The van der Waals surface area contributed by atoms with E-state index in [4.69, 9.17) is 33.3 Å². The van der Waals surface area contributed by atoms with Crippen LogP contribution in [0, 0.1) is 0 Å². The number of anilines is 2. The van der Waals surface area contributed by atoms with E-state index in [1.165, 1.54) is 0 Å². The maximum absolute atomic E-state index is 12.4. The zero-order valence-electron chi connectivity index (χ0n) is 31.9. The van der Waals surface area contributed by atoms with Crippen LogP contribution in [0.1, 0.15) is 36.8 Å². The fourth-order valence-corrected chi connectivity index (χ4v) is 5.94. The lowest BCUT2D eigenvalue weighted by atomic mass is 9.86. The number of rotatable bonds is 15. The smallest absolute Gasteiger partial charge is 0.333 e. The fourth-order valence-electron chi connectivity index (χ4n) is 5.94. The topological polar surface area (TPSA) is 129 Å². The van der Waals surface area contributed by atoms with Crippen molar-refractivity contribution in [3.63, 3.8) is 0 Å². The van der Waals surface area contributed by atoms with Gasteiger partial charge in [0.2, 0.25) is 5.71 Å². The van der Waals surface area contributed by atoms with Crippen molar-refractivity contribution in [3.05, 3.63) is 64.6 Å². The van der Waals surface area contributed by atoms with Crippen molar-refractivity contribution < 1.29 is 52.2 Å². The molecule has 1 aliphatic heterocycles. The van der Waals surface area contributed by atoms with E-state index in [0.29, 0.717) is 74.8 Å². The first-order valence-corrected chi connectivity index (χ1v) is 16.6. The van der Waals surface area contributed by atoms with Gasteiger partial charge in [-0.2, -0.15) is 0 Å². The summed E-state index contributed by atoms with van der Waals surface area (Å²) in [5.74, 6) is 1.32. The van der Waals surface area contributed by atoms with E-state index in [-0.39, 0.29) is 19.3 Å². The normalized spacial score (nSPS) is 14.0. The number of hydrogen-bond donors (Lipinski definition) is 0. The summed E-state index contributed by atoms with van der Waals surface area (Å²) in [5, 5.41) is 0.560. The highest BCUT2D eigenvalue weighted by atomic mass is 16.7. The maximum atomic E-state index is 12.4. The monoisotopic (exact) mass is 721 g/mol. The minimum absolute atomic E-state index is 0.00323. The highest BCUT2D eigenvalue weighted by molar-refractivity contribution is 6.07. The zero-order valence-corrected chi connectivity index (χ0v) is 31.9. The Morgan fingerprint density at radius 1 is 0.712 bits per heavy atom. The predicted octanol–water partition coefficient (Wildman–Crippen LogP) is 4.20. The number of allylic oxidation sites excluding steroid dienone is 2. The quantitative estimate of drug-likeness (QED) is 0.193. The number of hydrogen-bond acceptors (Lipinski definition) is 12. The number of carbonyl (C=O) groups excluding carboxylic acids is 3. The fraction of sp³-hybridized carbons (Fsp3) is 0.421. The van der Waals surface area contributed by atoms with E-state index >= 15 is 0 Å². The lowest BCUT2D eigenvalue weighted by Gasteiger charge is -2.28. The Balaban J connectivity index is 1.90. The van der Waals surface area contributed by atoms with E-state index in [1.807, 2.05) is 86.0 Å². The minimum atomic E-state index is -0.659. The Hall–Kier alpha value is -5.66. The molecule has 0 unspecified atom stereocenters. The second kappa shape index (κ2) is 17.0. The van der Waals surface area contributed by atoms with Crippen LogP contribution in [0.5, 0.6) is 23.0 Å². The summed E-state index contributed by atoms with van der Waals surface area (Å²) in [6.07, 6.45) is 4.30. The van der Waals surface area contributed by atoms with Crippen LogP contribution in [0.25, 0.3) is 5.57 Å². The maximum Gasteiger partial charge on any atom is 0.333 e. The molecule has 2 amide bonds. The van der Waals surface area contributed by atoms with Crippen LogP contribution < -0.4 is 28.7 Å². The molecule has 2 aromatic carbocycles. The van der Waals surface area contributed by atoms with Gasteiger partial charge < -0.3 is 43.1 Å². The zero-order chi connectivity index (χ0) is 38.3. The SMILES string of the molecule is COC1=CC(=[N+](C)C)C=C(OC)C1=C(c1c(OC)cc(N(C)C)cc1OC)c1c(OC)cc(N(C)CCCC(=O)ON2C(=O)CCC2=O)cc1OC. The first-order chi connectivity index (χ1) is 24.8. The second-order valence-corrected chi connectivity index (χ2v) is 12.4. The number of methoxy groups -OCH3 is 6. The number of imide groups is 1. The van der Waals surface area contributed by atoms with Crippen LogP contribution in [0.2, 0.25) is 0 Å². The van der Waals surface area contributed by atoms with Crippen molar-refractivity contribution in [1.29, 1.82) is 0 Å². The van der Waals surface area contributed by atoms with E-state index < -0.39 is 17.8 Å². The largest absolute Gasteiger partial charge is 0.496 e. The molecule has 0 radical (unpaired) electrons. The third kappa shape index (κ3) is 8.11. The van der Waals surface area contributed by atoms with Crippen LogP contribution in [-0.2, 0) is 28.7 Å². The number of nitrogens with zero attached hydrogens (tertiary/aromatic N) is 4. The van der Waals surface area contributed by atoms with Crippen molar-refractivity contribution >= 4 is 40.4 Å². The standard InChI is InChI=1S/C38H49N4O10/c1-39(2)23-17-26(46-6)35(27(18-23)47-7)38(36-28(48-8)19-24(40(3)4)20-29(36)49-9)37-30(50-10)21-25(22-31(37)51-11)41(5)16-12-13-34(45)52-42-32(43)14-15-33(42)44/h17-22H,12-16H2,1-11H3/q+1. The summed E-state index contributed by atoms with van der Waals surface area (Å²) in [6, 6.07) is 7.59. The number of benzene rings is 2. The van der Waals surface area contributed by atoms with Gasteiger partial charge in [-0.25, -0.2) is 9.37 Å². The number of hydroxylamine groups is 2. The van der Waals surface area contributed by atoms with Gasteiger partial charge in [-0.3, -0.25) is 9.59 Å². The summed E-state index contributed by atoms with van der Waals surface area (Å²) in [6.45, 7) is 0.431. The van der Waals surface area contributed by atoms with Crippen LogP contribution in [0.15, 0.2) is 53.5 Å². The molecule has 0 atom stereocenters. The minimum Gasteiger partial charge on any atom is -0.496 e. The highest BCUT2D eigenvalue weighted by Gasteiger charge is 2.35. The van der Waals surface area contributed by atoms with Gasteiger partial charge in [0.25, 0.3) is 11.8 Å². The van der Waals surface area contributed by atoms with Gasteiger partial charge >= 0.3 is 5.97 Å². The number of ether oxygens (including phenoxy) is 6. The number of carbonyl (C=O) groups is 3. The average molecular weight is 722 g/mol. The predicted molar refractivity (Wildman–Crippen MR) is 196 cm³/mol. The van der Waals surface area contributed by atoms with E-state index in [2.05, 4.69) is 0 Å². The summed E-state index contributed by atoms with van der Waals surface area (Å²) in [4.78, 5) is 45.1. The molecule has 14 heteroatoms. The third-order valence-corrected chi connectivity index (χ3v) is 8.77. The van der Waals surface area contributed by atoms with Crippen LogP contribution >= 0.6 is 0 Å². The Bertz CT molecular complexity index is 1750. The van der Waals surface area contributed by atoms with E-state index in [9.17, 15) is 14.4 Å². The molecule has 1 aliphatic carbocycles. The first kappa shape index (κ1) is 39.1. The molecular formula is C38H49N4O10+. The van der Waals surface area contributed by atoms with Gasteiger partial charge in [-0.05, 0) is 6.42 Å². The second-order valence-electron chi connectivity index (χ2n) is 12.4. The molecule has 1 fully saturated rings. The molecule has 0 saturated carbocycles. The molecule has 1 heterocycles. The van der Waals surface area contributed by atoms with E-state index in [0.717, 1.165) is 17.1 Å². The third-order valence-electron chi connectivity index (χ3n) is 8.77. The molecule has 0 bridgehead atoms. The highest BCUT2D eigenvalue weighted by Crippen LogP contribution is 2.51. The van der Waals surface area contributed by atoms with E-state index in [1.54, 1.807) is 42.7 Å². The molecule has 1 saturated heterocycles. The van der Waals surface area contributed by atoms with Gasteiger partial charge in [-0.1, -0.05) is 0 Å². The lowest BCUT2D eigenvalue weighted by molar-refractivity contribution is -0.462. The van der Waals surface area contributed by atoms with Crippen molar-refractivity contribution in [3.8, 4) is 23.0 Å². The van der Waals surface area contributed by atoms with Gasteiger partial charge in [0, 0.05) is 88.2 Å². The average Bonchev–Trinajstić information content (AvgIpc) is 3.46. The molecule has 0 aromatic heterocycles. The molecule has 280 valence electrons. The first-order valence-electron chi connectivity index (χ1n) is 16.6. The van der Waals surface area contributed by atoms with Crippen LogP contribution in [0.3, 0.4) is 0 Å². The van der Waals surface area contributed by atoms with Gasteiger partial charge in [0.15, 0.2) is 0 Å². The Labute approximate surface area is 305 Å². The molecular weight excluding hydrogens is 672 g/mol. The summed E-state index contributed by atoms with van der Waals surface area (Å²) < 4.78 is 38.4. The molecule has 14 nitrogen and oxygen atoms in total. The van der Waals surface area contributed by atoms with Crippen molar-refractivity contribution in [2.75, 3.05) is 94.2 Å². The summed E-state index contributed by atoms with van der Waals surface area (Å²) in [7, 11) is 19.2. The summed E-state index contributed by atoms with van der Waals surface area (Å²) >= 11 is 0. The Morgan fingerprint density at radius 3 is 1.54 bits per heavy atom. The van der Waals surface area contributed by atoms with Crippen LogP contribution in [0.4, 0.5) is 11.4 Å². The summed E-state index contributed by atoms with van der Waals surface area (Å²) in [5.41, 5.74) is 4.85. The lowest BCUT2D eigenvalue weighted by Crippen LogP contribution is -2.32. The molecule has 2 aromatic rings. The Kier molecular flexibility index (Phi) is 12.8. The molecule has 0 N–H and O–H groups in total. The molecule has 4 rings (SSSR count). The molecule has 0 spiro atoms. The van der Waals surface area contributed by atoms with Crippen molar-refractivity contribution in [2.24, 2.45) is 0 Å². The van der Waals surface area contributed by atoms with Crippen molar-refractivity contribution in [2.45, 2.75) is 25.7 Å².